The van der Waals surface area contributed by atoms with Gasteiger partial charge < -0.3 is 15.4 Å². The van der Waals surface area contributed by atoms with Crippen LogP contribution >= 0.6 is 11.6 Å². The third kappa shape index (κ3) is 6.34. The van der Waals surface area contributed by atoms with E-state index in [9.17, 15) is 9.59 Å². The molecule has 0 saturated heterocycles. The van der Waals surface area contributed by atoms with Crippen LogP contribution in [0.3, 0.4) is 0 Å². The van der Waals surface area contributed by atoms with Crippen molar-refractivity contribution in [2.75, 3.05) is 11.9 Å². The van der Waals surface area contributed by atoms with E-state index in [1.165, 1.54) is 6.42 Å². The summed E-state index contributed by atoms with van der Waals surface area (Å²) in [4.78, 5) is 25.6. The molecule has 1 unspecified atom stereocenters. The fourth-order valence-electron chi connectivity index (χ4n) is 5.94. The van der Waals surface area contributed by atoms with Gasteiger partial charge in [-0.3, -0.25) is 9.59 Å². The number of anilines is 1. The van der Waals surface area contributed by atoms with Crippen molar-refractivity contribution >= 4 is 31.3 Å². The van der Waals surface area contributed by atoms with Gasteiger partial charge in [0.05, 0.1) is 24.1 Å². The molecular formula is C27H43ClN6O3Si. The van der Waals surface area contributed by atoms with Crippen molar-refractivity contribution in [2.24, 2.45) is 23.2 Å². The Morgan fingerprint density at radius 2 is 2.00 bits per heavy atom. The standard InChI is InChI=1S/C27H43ClN6O3Si/c1-17-21-10-20(27(21,3)4)11-22(17)32-23-13-30-34(26(36)25(23)28)15-24(35)31-18(2)19-12-29-33(14-19)16-37-8-9-38(5,6)7/h12-14,17-18,20-22,32H,8-11,15-16H2,1-7H3,(H,31,35)/t17-,18?,20+,21-,22-/m1/s1. The van der Waals surface area contributed by atoms with Gasteiger partial charge in [-0.25, -0.2) is 9.36 Å². The first-order valence-corrected chi connectivity index (χ1v) is 17.8. The Morgan fingerprint density at radius 1 is 1.26 bits per heavy atom. The second kappa shape index (κ2) is 11.1. The first-order valence-electron chi connectivity index (χ1n) is 13.7. The van der Waals surface area contributed by atoms with Gasteiger partial charge >= 0.3 is 0 Å². The molecule has 2 heterocycles. The highest BCUT2D eigenvalue weighted by molar-refractivity contribution is 6.76. The molecule has 1 amide bonds. The van der Waals surface area contributed by atoms with Gasteiger partial charge in [0.15, 0.2) is 0 Å². The van der Waals surface area contributed by atoms with E-state index in [1.54, 1.807) is 17.1 Å². The number of hydrogen-bond donors (Lipinski definition) is 2. The molecule has 0 aliphatic heterocycles. The molecule has 0 radical (unpaired) electrons. The van der Waals surface area contributed by atoms with Crippen molar-refractivity contribution in [1.29, 1.82) is 0 Å². The van der Waals surface area contributed by atoms with Gasteiger partial charge in [0.2, 0.25) is 5.91 Å². The molecule has 0 spiro atoms. The third-order valence-corrected chi connectivity index (χ3v) is 10.8. The monoisotopic (exact) mass is 562 g/mol. The Bertz CT molecular complexity index is 1210. The van der Waals surface area contributed by atoms with Crippen LogP contribution < -0.4 is 16.2 Å². The van der Waals surface area contributed by atoms with E-state index in [4.69, 9.17) is 16.3 Å². The van der Waals surface area contributed by atoms with Gasteiger partial charge in [0, 0.05) is 32.5 Å². The number of nitrogens with one attached hydrogen (secondary N) is 2. The first kappa shape index (κ1) is 28.8. The zero-order valence-electron chi connectivity index (χ0n) is 23.8. The summed E-state index contributed by atoms with van der Waals surface area (Å²) in [6, 6.07) is 1.08. The highest BCUT2D eigenvalue weighted by atomic mass is 35.5. The van der Waals surface area contributed by atoms with E-state index < -0.39 is 13.6 Å². The molecule has 3 fully saturated rings. The van der Waals surface area contributed by atoms with E-state index >= 15 is 0 Å². The zero-order valence-corrected chi connectivity index (χ0v) is 25.5. The number of fused-ring (bicyclic) bond motifs is 2. The molecule has 2 aromatic rings. The predicted molar refractivity (Wildman–Crippen MR) is 153 cm³/mol. The molecule has 5 rings (SSSR count). The summed E-state index contributed by atoms with van der Waals surface area (Å²) < 4.78 is 8.56. The quantitative estimate of drug-likeness (QED) is 0.302. The summed E-state index contributed by atoms with van der Waals surface area (Å²) in [6.45, 7) is 16.7. The van der Waals surface area contributed by atoms with Crippen LogP contribution in [0.25, 0.3) is 0 Å². The highest BCUT2D eigenvalue weighted by Crippen LogP contribution is 2.61. The van der Waals surface area contributed by atoms with E-state index in [0.717, 1.165) is 22.7 Å². The van der Waals surface area contributed by atoms with Crippen molar-refractivity contribution in [3.8, 4) is 0 Å². The Morgan fingerprint density at radius 3 is 2.66 bits per heavy atom. The van der Waals surface area contributed by atoms with Crippen LogP contribution in [0, 0.1) is 23.2 Å². The Hall–Kier alpha value is -2.17. The number of ether oxygens (including phenoxy) is 1. The molecule has 9 nitrogen and oxygen atoms in total. The van der Waals surface area contributed by atoms with Crippen molar-refractivity contribution in [2.45, 2.75) is 91.6 Å². The maximum Gasteiger partial charge on any atom is 0.288 e. The van der Waals surface area contributed by atoms with Crippen molar-refractivity contribution in [3.63, 3.8) is 0 Å². The minimum absolute atomic E-state index is 0.0713. The van der Waals surface area contributed by atoms with Crippen LogP contribution in [-0.2, 0) is 22.8 Å². The van der Waals surface area contributed by atoms with Crippen molar-refractivity contribution < 1.29 is 9.53 Å². The summed E-state index contributed by atoms with van der Waals surface area (Å²) in [5, 5.41) is 15.0. The number of carbonyl (C=O) groups excluding carboxylic acids is 1. The predicted octanol–water partition coefficient (Wildman–Crippen LogP) is 4.77. The summed E-state index contributed by atoms with van der Waals surface area (Å²) in [6.07, 6.45) is 7.47. The molecule has 0 aromatic carbocycles. The summed E-state index contributed by atoms with van der Waals surface area (Å²) >= 11 is 6.45. The Kier molecular flexibility index (Phi) is 8.45. The molecule has 5 atom stereocenters. The van der Waals surface area contributed by atoms with E-state index in [0.29, 0.717) is 42.2 Å². The molecule has 3 aliphatic rings. The lowest BCUT2D eigenvalue weighted by Gasteiger charge is -2.62. The molecule has 3 aliphatic carbocycles. The second-order valence-electron chi connectivity index (χ2n) is 13.0. The number of hydrogen-bond acceptors (Lipinski definition) is 6. The van der Waals surface area contributed by atoms with Crippen LogP contribution in [0.4, 0.5) is 5.69 Å². The minimum atomic E-state index is -1.13. The topological polar surface area (TPSA) is 103 Å². The largest absolute Gasteiger partial charge is 0.379 e. The summed E-state index contributed by atoms with van der Waals surface area (Å²) in [5.74, 6) is 1.52. The molecule has 210 valence electrons. The lowest BCUT2D eigenvalue weighted by molar-refractivity contribution is -0.122. The van der Waals surface area contributed by atoms with Gasteiger partial charge in [-0.2, -0.15) is 10.2 Å². The molecule has 2 N–H and O–H groups in total. The first-order chi connectivity index (χ1) is 17.8. The van der Waals surface area contributed by atoms with Gasteiger partial charge in [-0.05, 0) is 49.0 Å². The lowest BCUT2D eigenvalue weighted by Crippen LogP contribution is -2.58. The zero-order chi connectivity index (χ0) is 27.8. The molecule has 3 saturated carbocycles. The molecule has 2 bridgehead atoms. The normalized spacial score (nSPS) is 24.9. The van der Waals surface area contributed by atoms with Crippen LogP contribution in [0.5, 0.6) is 0 Å². The number of rotatable bonds is 11. The van der Waals surface area contributed by atoms with Crippen molar-refractivity contribution in [3.05, 3.63) is 39.5 Å². The molecular weight excluding hydrogens is 520 g/mol. The smallest absolute Gasteiger partial charge is 0.288 e. The maximum absolute atomic E-state index is 12.9. The average molecular weight is 563 g/mol. The van der Waals surface area contributed by atoms with Gasteiger partial charge in [0.1, 0.15) is 18.3 Å². The van der Waals surface area contributed by atoms with E-state index in [2.05, 4.69) is 61.2 Å². The maximum atomic E-state index is 12.9. The number of nitrogens with zero attached hydrogens (tertiary/aromatic N) is 4. The molecule has 11 heteroatoms. The number of aromatic nitrogens is 4. The average Bonchev–Trinajstić information content (AvgIpc) is 3.31. The number of halogens is 1. The van der Waals surface area contributed by atoms with Gasteiger partial charge in [-0.15, -0.1) is 0 Å². The summed E-state index contributed by atoms with van der Waals surface area (Å²) in [5.41, 5.74) is 1.30. The number of amides is 1. The Balaban J connectivity index is 1.29. The molecule has 2 aromatic heterocycles. The number of carbonyl (C=O) groups is 1. The minimum Gasteiger partial charge on any atom is -0.379 e. The van der Waals surface area contributed by atoms with Crippen molar-refractivity contribution in [1.82, 2.24) is 24.9 Å². The fraction of sp³-hybridized carbons (Fsp3) is 0.704. The van der Waals surface area contributed by atoms with Crippen LogP contribution in [0.2, 0.25) is 30.7 Å². The van der Waals surface area contributed by atoms with E-state index in [1.807, 2.05) is 13.1 Å². The Labute approximate surface area is 231 Å². The van der Waals surface area contributed by atoms with E-state index in [-0.39, 0.29) is 29.6 Å². The second-order valence-corrected chi connectivity index (χ2v) is 19.0. The van der Waals surface area contributed by atoms with Crippen LogP contribution in [-0.4, -0.2) is 46.2 Å². The SMILES string of the molecule is CC(NC(=O)Cn1ncc(N[C@@H]2C[C@@H]3C[C@H]([C@H]2C)C3(C)C)c(Cl)c1=O)c1cnn(COCC[Si](C)(C)C)c1. The van der Waals surface area contributed by atoms with Gasteiger partial charge in [0.25, 0.3) is 5.56 Å². The van der Waals surface area contributed by atoms with Crippen LogP contribution in [0.15, 0.2) is 23.4 Å². The fourth-order valence-corrected chi connectivity index (χ4v) is 6.89. The summed E-state index contributed by atoms with van der Waals surface area (Å²) in [7, 11) is -1.13. The van der Waals surface area contributed by atoms with Crippen LogP contribution in [0.1, 0.15) is 52.1 Å². The lowest BCUT2D eigenvalue weighted by atomic mass is 9.45. The molecule has 38 heavy (non-hydrogen) atoms. The van der Waals surface area contributed by atoms with Gasteiger partial charge in [-0.1, -0.05) is 52.0 Å². The third-order valence-electron chi connectivity index (χ3n) is 8.72. The highest BCUT2D eigenvalue weighted by Gasteiger charge is 2.56.